The third-order valence-electron chi connectivity index (χ3n) is 3.97. The maximum Gasteiger partial charge on any atom is 0.308 e. The van der Waals surface area contributed by atoms with Crippen LogP contribution in [-0.2, 0) is 13.0 Å². The standard InChI is InChI=1S/C16H11F3N2O3/c17-13-11(7-12(21(23)24)14(18)15(13)19)16(22)20-6-5-9-3-1-2-4-10(9)8-20/h1-4,7H,5-6,8H2. The number of hydrogen-bond acceptors (Lipinski definition) is 3. The number of carbonyl (C=O) groups excluding carboxylic acids is 1. The molecule has 0 saturated heterocycles. The van der Waals surface area contributed by atoms with E-state index in [-0.39, 0.29) is 13.1 Å². The lowest BCUT2D eigenvalue weighted by Crippen LogP contribution is -2.36. The van der Waals surface area contributed by atoms with Gasteiger partial charge >= 0.3 is 5.69 Å². The van der Waals surface area contributed by atoms with Crippen molar-refractivity contribution in [3.8, 4) is 0 Å². The number of halogens is 3. The van der Waals surface area contributed by atoms with Crippen LogP contribution in [0, 0.1) is 27.6 Å². The summed E-state index contributed by atoms with van der Waals surface area (Å²) in [6.45, 7) is 0.420. The predicted octanol–water partition coefficient (Wildman–Crippen LogP) is 3.21. The SMILES string of the molecule is O=C(c1cc([N+](=O)[O-])c(F)c(F)c1F)N1CCc2ccccc2C1. The number of nitrogens with zero attached hydrogens (tertiary/aromatic N) is 2. The third-order valence-corrected chi connectivity index (χ3v) is 3.97. The van der Waals surface area contributed by atoms with Gasteiger partial charge < -0.3 is 4.90 Å². The van der Waals surface area contributed by atoms with Gasteiger partial charge in [0, 0.05) is 19.2 Å². The number of amides is 1. The third kappa shape index (κ3) is 2.60. The Kier molecular flexibility index (Phi) is 3.96. The Labute approximate surface area is 134 Å². The zero-order valence-electron chi connectivity index (χ0n) is 12.3. The van der Waals surface area contributed by atoms with Gasteiger partial charge in [-0.05, 0) is 17.5 Å². The van der Waals surface area contributed by atoms with Crippen molar-refractivity contribution in [2.75, 3.05) is 6.54 Å². The highest BCUT2D eigenvalue weighted by atomic mass is 19.2. The number of benzene rings is 2. The second-order valence-electron chi connectivity index (χ2n) is 5.39. The van der Waals surface area contributed by atoms with Crippen LogP contribution in [0.15, 0.2) is 30.3 Å². The molecule has 2 aromatic rings. The van der Waals surface area contributed by atoms with Crippen LogP contribution in [0.3, 0.4) is 0 Å². The summed E-state index contributed by atoms with van der Waals surface area (Å²) in [5, 5.41) is 10.8. The summed E-state index contributed by atoms with van der Waals surface area (Å²) >= 11 is 0. The molecule has 0 aliphatic carbocycles. The first-order chi connectivity index (χ1) is 11.4. The van der Waals surface area contributed by atoms with Crippen LogP contribution in [0.2, 0.25) is 0 Å². The van der Waals surface area contributed by atoms with Crippen molar-refractivity contribution >= 4 is 11.6 Å². The molecular formula is C16H11F3N2O3. The molecule has 0 atom stereocenters. The lowest BCUT2D eigenvalue weighted by molar-refractivity contribution is -0.387. The fourth-order valence-electron chi connectivity index (χ4n) is 2.72. The lowest BCUT2D eigenvalue weighted by atomic mass is 9.99. The van der Waals surface area contributed by atoms with Gasteiger partial charge in [-0.2, -0.15) is 4.39 Å². The maximum absolute atomic E-state index is 13.9. The average Bonchev–Trinajstić information content (AvgIpc) is 2.58. The first kappa shape index (κ1) is 16.0. The predicted molar refractivity (Wildman–Crippen MR) is 77.9 cm³/mol. The molecule has 24 heavy (non-hydrogen) atoms. The molecule has 0 saturated carbocycles. The summed E-state index contributed by atoms with van der Waals surface area (Å²) in [5.74, 6) is -6.58. The van der Waals surface area contributed by atoms with E-state index < -0.39 is 39.5 Å². The van der Waals surface area contributed by atoms with E-state index in [1.807, 2.05) is 12.1 Å². The number of hydrogen-bond donors (Lipinski definition) is 0. The van der Waals surface area contributed by atoms with Crippen molar-refractivity contribution in [1.82, 2.24) is 4.90 Å². The molecular weight excluding hydrogens is 325 g/mol. The average molecular weight is 336 g/mol. The molecule has 0 aromatic heterocycles. The molecule has 1 amide bonds. The van der Waals surface area contributed by atoms with Gasteiger partial charge in [0.15, 0.2) is 5.82 Å². The van der Waals surface area contributed by atoms with E-state index in [1.54, 1.807) is 12.1 Å². The van der Waals surface area contributed by atoms with Gasteiger partial charge in [-0.15, -0.1) is 0 Å². The smallest absolute Gasteiger partial charge is 0.308 e. The minimum atomic E-state index is -2.02. The zero-order chi connectivity index (χ0) is 17.4. The van der Waals surface area contributed by atoms with E-state index in [9.17, 15) is 28.1 Å². The van der Waals surface area contributed by atoms with E-state index in [4.69, 9.17) is 0 Å². The molecule has 0 N–H and O–H groups in total. The molecule has 1 heterocycles. The highest BCUT2D eigenvalue weighted by molar-refractivity contribution is 5.95. The monoisotopic (exact) mass is 336 g/mol. The first-order valence-electron chi connectivity index (χ1n) is 7.08. The van der Waals surface area contributed by atoms with Crippen LogP contribution < -0.4 is 0 Å². The van der Waals surface area contributed by atoms with Gasteiger partial charge in [0.05, 0.1) is 10.5 Å². The van der Waals surface area contributed by atoms with E-state index in [2.05, 4.69) is 0 Å². The Morgan fingerprint density at radius 2 is 1.75 bits per heavy atom. The Balaban J connectivity index is 1.98. The van der Waals surface area contributed by atoms with Gasteiger partial charge in [0.2, 0.25) is 11.6 Å². The molecule has 0 spiro atoms. The number of nitro groups is 1. The van der Waals surface area contributed by atoms with E-state index >= 15 is 0 Å². The Morgan fingerprint density at radius 3 is 2.42 bits per heavy atom. The largest absolute Gasteiger partial charge is 0.334 e. The molecule has 0 fully saturated rings. The minimum Gasteiger partial charge on any atom is -0.334 e. The summed E-state index contributed by atoms with van der Waals surface area (Å²) < 4.78 is 40.9. The number of rotatable bonds is 2. The van der Waals surface area contributed by atoms with Crippen molar-refractivity contribution in [2.24, 2.45) is 0 Å². The summed E-state index contributed by atoms with van der Waals surface area (Å²) in [7, 11) is 0. The molecule has 8 heteroatoms. The highest BCUT2D eigenvalue weighted by Crippen LogP contribution is 2.28. The van der Waals surface area contributed by atoms with Crippen LogP contribution >= 0.6 is 0 Å². The second-order valence-corrected chi connectivity index (χ2v) is 5.39. The van der Waals surface area contributed by atoms with E-state index in [0.717, 1.165) is 11.1 Å². The zero-order valence-corrected chi connectivity index (χ0v) is 12.3. The molecule has 124 valence electrons. The van der Waals surface area contributed by atoms with Gasteiger partial charge in [0.25, 0.3) is 5.91 Å². The minimum absolute atomic E-state index is 0.168. The Morgan fingerprint density at radius 1 is 1.08 bits per heavy atom. The van der Waals surface area contributed by atoms with Gasteiger partial charge in [-0.1, -0.05) is 24.3 Å². The number of fused-ring (bicyclic) bond motifs is 1. The van der Waals surface area contributed by atoms with Crippen LogP contribution in [-0.4, -0.2) is 22.3 Å². The molecule has 5 nitrogen and oxygen atoms in total. The topological polar surface area (TPSA) is 63.4 Å². The highest BCUT2D eigenvalue weighted by Gasteiger charge is 2.31. The van der Waals surface area contributed by atoms with Crippen molar-refractivity contribution in [3.63, 3.8) is 0 Å². The molecule has 1 aliphatic heterocycles. The Hall–Kier alpha value is -2.90. The van der Waals surface area contributed by atoms with Gasteiger partial charge in [-0.25, -0.2) is 8.78 Å². The van der Waals surface area contributed by atoms with Crippen molar-refractivity contribution in [1.29, 1.82) is 0 Å². The molecule has 0 unspecified atom stereocenters. The molecule has 3 rings (SSSR count). The van der Waals surface area contributed by atoms with Crippen LogP contribution in [0.4, 0.5) is 18.9 Å². The van der Waals surface area contributed by atoms with Crippen molar-refractivity contribution in [3.05, 3.63) is 74.6 Å². The van der Waals surface area contributed by atoms with Gasteiger partial charge in [0.1, 0.15) is 0 Å². The fourth-order valence-corrected chi connectivity index (χ4v) is 2.72. The lowest BCUT2D eigenvalue weighted by Gasteiger charge is -2.29. The van der Waals surface area contributed by atoms with Crippen molar-refractivity contribution in [2.45, 2.75) is 13.0 Å². The molecule has 0 bridgehead atoms. The van der Waals surface area contributed by atoms with Crippen LogP contribution in [0.5, 0.6) is 0 Å². The number of carbonyl (C=O) groups is 1. The quantitative estimate of drug-likeness (QED) is 0.481. The summed E-state index contributed by atoms with van der Waals surface area (Å²) in [5.41, 5.74) is -0.220. The maximum atomic E-state index is 13.9. The molecule has 2 aromatic carbocycles. The normalized spacial score (nSPS) is 13.5. The van der Waals surface area contributed by atoms with Gasteiger partial charge in [-0.3, -0.25) is 14.9 Å². The Bertz CT molecular complexity index is 855. The first-order valence-corrected chi connectivity index (χ1v) is 7.08. The fraction of sp³-hybridized carbons (Fsp3) is 0.188. The summed E-state index contributed by atoms with van der Waals surface area (Å²) in [6, 6.07) is 7.79. The van der Waals surface area contributed by atoms with Crippen LogP contribution in [0.1, 0.15) is 21.5 Å². The second kappa shape index (κ2) is 5.95. The molecule has 1 aliphatic rings. The summed E-state index contributed by atoms with van der Waals surface area (Å²) in [6.07, 6.45) is 0.523. The van der Waals surface area contributed by atoms with Crippen LogP contribution in [0.25, 0.3) is 0 Å². The molecule has 0 radical (unpaired) electrons. The number of nitro benzene ring substituents is 1. The van der Waals surface area contributed by atoms with Crippen molar-refractivity contribution < 1.29 is 22.9 Å². The van der Waals surface area contributed by atoms with E-state index in [1.165, 1.54) is 4.90 Å². The summed E-state index contributed by atoms with van der Waals surface area (Å²) in [4.78, 5) is 23.3. The van der Waals surface area contributed by atoms with E-state index in [0.29, 0.717) is 12.5 Å².